The molecule has 0 spiro atoms. The van der Waals surface area contributed by atoms with E-state index in [1.54, 1.807) is 65.3 Å². The first-order valence-electron chi connectivity index (χ1n) is 12.2. The number of ether oxygens (including phenoxy) is 1. The van der Waals surface area contributed by atoms with Gasteiger partial charge in [-0.1, -0.05) is 79.0 Å². The first-order chi connectivity index (χ1) is 18.6. The van der Waals surface area contributed by atoms with Crippen LogP contribution in [-0.2, 0) is 19.6 Å². The first-order valence-corrected chi connectivity index (χ1v) is 13.4. The molecule has 0 amide bonds. The highest BCUT2D eigenvalue weighted by molar-refractivity contribution is 6.36. The molecule has 1 heterocycles. The molecule has 0 bridgehead atoms. The standard InChI is InChI=1S/C30H26Cl3NO5/c1-18(2)28-27(34(30(37)39-28)14-13-23-24(31)7-4-8-25(23)32)17-38-22-12-11-20(26(33)16-22)10-9-19-5-3-6-21(15-19)29(35)36/h3-12,15-16,18H,13-14,17H2,1-2H3,(H,35,36)/b10-9+. The van der Waals surface area contributed by atoms with E-state index in [4.69, 9.17) is 44.0 Å². The van der Waals surface area contributed by atoms with Crippen molar-refractivity contribution in [2.45, 2.75) is 39.3 Å². The SMILES string of the molecule is CC(C)c1oc(=O)n(CCc2c(Cl)cccc2Cl)c1COc1ccc(/C=C/c2cccc(C(=O)O)c2)c(Cl)c1. The summed E-state index contributed by atoms with van der Waals surface area (Å²) in [6.45, 7) is 4.32. The van der Waals surface area contributed by atoms with Gasteiger partial charge >= 0.3 is 11.7 Å². The van der Waals surface area contributed by atoms with Crippen molar-refractivity contribution in [1.29, 1.82) is 0 Å². The monoisotopic (exact) mass is 585 g/mol. The minimum Gasteiger partial charge on any atom is -0.487 e. The number of aromatic carboxylic acids is 1. The third kappa shape index (κ3) is 6.95. The van der Waals surface area contributed by atoms with Gasteiger partial charge in [-0.2, -0.15) is 0 Å². The molecule has 202 valence electrons. The van der Waals surface area contributed by atoms with Crippen molar-refractivity contribution in [2.75, 3.05) is 0 Å². The molecule has 6 nitrogen and oxygen atoms in total. The van der Waals surface area contributed by atoms with E-state index in [9.17, 15) is 14.7 Å². The topological polar surface area (TPSA) is 81.7 Å². The molecule has 0 atom stereocenters. The van der Waals surface area contributed by atoms with E-state index in [0.29, 0.717) is 45.2 Å². The minimum absolute atomic E-state index is 0.0304. The zero-order chi connectivity index (χ0) is 28.1. The third-order valence-electron chi connectivity index (χ3n) is 6.14. The van der Waals surface area contributed by atoms with Crippen LogP contribution in [0.15, 0.2) is 69.9 Å². The van der Waals surface area contributed by atoms with Gasteiger partial charge in [-0.15, -0.1) is 0 Å². The Hall–Kier alpha value is -3.45. The predicted molar refractivity (Wildman–Crippen MR) is 155 cm³/mol. The Labute approximate surface area is 241 Å². The average molecular weight is 587 g/mol. The van der Waals surface area contributed by atoms with Crippen LogP contribution in [0.25, 0.3) is 12.2 Å². The second-order valence-corrected chi connectivity index (χ2v) is 10.4. The predicted octanol–water partition coefficient (Wildman–Crippen LogP) is 8.22. The summed E-state index contributed by atoms with van der Waals surface area (Å²) in [5.74, 6) is -0.405. The Morgan fingerprint density at radius 3 is 2.38 bits per heavy atom. The van der Waals surface area contributed by atoms with Crippen LogP contribution in [0.5, 0.6) is 5.75 Å². The Kier molecular flexibility index (Phi) is 9.23. The molecular formula is C30H26Cl3NO5. The molecule has 0 saturated heterocycles. The summed E-state index contributed by atoms with van der Waals surface area (Å²) < 4.78 is 13.2. The quantitative estimate of drug-likeness (QED) is 0.189. The molecular weight excluding hydrogens is 561 g/mol. The lowest BCUT2D eigenvalue weighted by molar-refractivity contribution is 0.0697. The second kappa shape index (κ2) is 12.6. The van der Waals surface area contributed by atoms with Gasteiger partial charge in [0.2, 0.25) is 0 Å². The molecule has 4 aromatic rings. The summed E-state index contributed by atoms with van der Waals surface area (Å²) in [5.41, 5.74) is 3.09. The zero-order valence-corrected chi connectivity index (χ0v) is 23.6. The molecule has 9 heteroatoms. The summed E-state index contributed by atoms with van der Waals surface area (Å²) in [7, 11) is 0. The molecule has 39 heavy (non-hydrogen) atoms. The maximum atomic E-state index is 12.7. The van der Waals surface area contributed by atoms with Crippen LogP contribution in [0.2, 0.25) is 15.1 Å². The van der Waals surface area contributed by atoms with Gasteiger partial charge in [0.05, 0.1) is 10.6 Å². The van der Waals surface area contributed by atoms with E-state index in [1.807, 2.05) is 19.9 Å². The van der Waals surface area contributed by atoms with E-state index >= 15 is 0 Å². The summed E-state index contributed by atoms with van der Waals surface area (Å²) in [6, 6.07) is 17.2. The van der Waals surface area contributed by atoms with Crippen molar-refractivity contribution < 1.29 is 19.1 Å². The Morgan fingerprint density at radius 1 is 1.00 bits per heavy atom. The summed E-state index contributed by atoms with van der Waals surface area (Å²) >= 11 is 19.1. The number of carboxylic acid groups (broad SMARTS) is 1. The number of carboxylic acids is 1. The zero-order valence-electron chi connectivity index (χ0n) is 21.3. The number of aromatic nitrogens is 1. The Bertz CT molecular complexity index is 1570. The maximum absolute atomic E-state index is 12.7. The summed E-state index contributed by atoms with van der Waals surface area (Å²) in [6.07, 6.45) is 4.04. The molecule has 0 saturated carbocycles. The molecule has 0 unspecified atom stereocenters. The minimum atomic E-state index is -0.985. The van der Waals surface area contributed by atoms with Gasteiger partial charge in [-0.05, 0) is 65.6 Å². The van der Waals surface area contributed by atoms with E-state index in [-0.39, 0.29) is 18.1 Å². The van der Waals surface area contributed by atoms with E-state index in [0.717, 1.165) is 16.7 Å². The number of nitrogens with zero attached hydrogens (tertiary/aromatic N) is 1. The fourth-order valence-corrected chi connectivity index (χ4v) is 4.94. The van der Waals surface area contributed by atoms with Gasteiger partial charge in [0.15, 0.2) is 0 Å². The number of carbonyl (C=O) groups is 1. The van der Waals surface area contributed by atoms with Gasteiger partial charge in [0, 0.05) is 22.5 Å². The molecule has 4 rings (SSSR count). The Balaban J connectivity index is 1.51. The molecule has 0 radical (unpaired) electrons. The van der Waals surface area contributed by atoms with Crippen molar-refractivity contribution in [3.05, 3.63) is 120 Å². The van der Waals surface area contributed by atoms with Crippen LogP contribution >= 0.6 is 34.8 Å². The smallest absolute Gasteiger partial charge is 0.419 e. The molecule has 3 aromatic carbocycles. The fourth-order valence-electron chi connectivity index (χ4n) is 4.12. The molecule has 0 aliphatic heterocycles. The van der Waals surface area contributed by atoms with Crippen LogP contribution < -0.4 is 10.5 Å². The largest absolute Gasteiger partial charge is 0.487 e. The van der Waals surface area contributed by atoms with Crippen molar-refractivity contribution in [1.82, 2.24) is 4.57 Å². The van der Waals surface area contributed by atoms with Gasteiger partial charge in [0.1, 0.15) is 23.8 Å². The van der Waals surface area contributed by atoms with Crippen LogP contribution in [-0.4, -0.2) is 15.6 Å². The van der Waals surface area contributed by atoms with Crippen molar-refractivity contribution in [2.24, 2.45) is 0 Å². The highest BCUT2D eigenvalue weighted by atomic mass is 35.5. The molecule has 1 N–H and O–H groups in total. The number of benzene rings is 3. The third-order valence-corrected chi connectivity index (χ3v) is 7.17. The van der Waals surface area contributed by atoms with Crippen LogP contribution in [0.3, 0.4) is 0 Å². The molecule has 0 fully saturated rings. The van der Waals surface area contributed by atoms with Crippen molar-refractivity contribution >= 4 is 52.9 Å². The summed E-state index contributed by atoms with van der Waals surface area (Å²) in [4.78, 5) is 23.9. The van der Waals surface area contributed by atoms with E-state index in [2.05, 4.69) is 0 Å². The number of halogens is 3. The lowest BCUT2D eigenvalue weighted by atomic mass is 10.1. The average Bonchev–Trinajstić information content (AvgIpc) is 3.22. The highest BCUT2D eigenvalue weighted by Gasteiger charge is 2.20. The molecule has 0 aliphatic rings. The fraction of sp³-hybridized carbons (Fsp3) is 0.200. The number of oxazole rings is 1. The lowest BCUT2D eigenvalue weighted by Gasteiger charge is -2.13. The second-order valence-electron chi connectivity index (χ2n) is 9.17. The van der Waals surface area contributed by atoms with Crippen LogP contribution in [0.4, 0.5) is 0 Å². The van der Waals surface area contributed by atoms with Gasteiger partial charge in [0.25, 0.3) is 0 Å². The van der Waals surface area contributed by atoms with E-state index < -0.39 is 11.7 Å². The van der Waals surface area contributed by atoms with Crippen molar-refractivity contribution in [3.8, 4) is 5.75 Å². The number of hydrogen-bond donors (Lipinski definition) is 1. The van der Waals surface area contributed by atoms with Gasteiger partial charge in [-0.25, -0.2) is 9.59 Å². The number of hydrogen-bond acceptors (Lipinski definition) is 4. The van der Waals surface area contributed by atoms with E-state index in [1.165, 1.54) is 6.07 Å². The highest BCUT2D eigenvalue weighted by Crippen LogP contribution is 2.28. The summed E-state index contributed by atoms with van der Waals surface area (Å²) in [5, 5.41) is 10.7. The van der Waals surface area contributed by atoms with Gasteiger partial charge in [-0.3, -0.25) is 4.57 Å². The normalized spacial score (nSPS) is 11.4. The maximum Gasteiger partial charge on any atom is 0.419 e. The molecule has 0 aliphatic carbocycles. The Morgan fingerprint density at radius 2 is 1.72 bits per heavy atom. The van der Waals surface area contributed by atoms with Crippen LogP contribution in [0, 0.1) is 0 Å². The molecule has 1 aromatic heterocycles. The van der Waals surface area contributed by atoms with Crippen LogP contribution in [0.1, 0.15) is 58.3 Å². The van der Waals surface area contributed by atoms with Crippen molar-refractivity contribution in [3.63, 3.8) is 0 Å². The first kappa shape index (κ1) is 28.6. The lowest BCUT2D eigenvalue weighted by Crippen LogP contribution is -2.20. The van der Waals surface area contributed by atoms with Gasteiger partial charge < -0.3 is 14.3 Å². The number of rotatable bonds is 10.